The molecule has 1 aliphatic heterocycles. The van der Waals surface area contributed by atoms with Gasteiger partial charge in [-0.05, 0) is 29.5 Å². The van der Waals surface area contributed by atoms with Crippen molar-refractivity contribution in [1.29, 1.82) is 0 Å². The van der Waals surface area contributed by atoms with Crippen LogP contribution in [0.4, 0.5) is 0 Å². The summed E-state index contributed by atoms with van der Waals surface area (Å²) < 4.78 is 2.35. The molecule has 1 aromatic heterocycles. The van der Waals surface area contributed by atoms with Crippen LogP contribution in [0.25, 0.3) is 10.9 Å². The fourth-order valence-corrected chi connectivity index (χ4v) is 3.35. The monoisotopic (exact) mass is 263 g/mol. The molecule has 0 spiro atoms. The zero-order valence-electron chi connectivity index (χ0n) is 11.2. The number of nitrogens with zero attached hydrogens (tertiary/aromatic N) is 1. The Bertz CT molecular complexity index is 744. The Kier molecular flexibility index (Phi) is 2.64. The largest absolute Gasteiger partial charge is 0.388 e. The van der Waals surface area contributed by atoms with Crippen molar-refractivity contribution in [3.8, 4) is 0 Å². The van der Waals surface area contributed by atoms with Gasteiger partial charge in [0.15, 0.2) is 0 Å². The summed E-state index contributed by atoms with van der Waals surface area (Å²) in [6.45, 7) is 0.902. The number of para-hydroxylation sites is 1. The third-order valence-corrected chi connectivity index (χ3v) is 4.37. The van der Waals surface area contributed by atoms with Gasteiger partial charge in [-0.2, -0.15) is 0 Å². The van der Waals surface area contributed by atoms with E-state index >= 15 is 0 Å². The van der Waals surface area contributed by atoms with Gasteiger partial charge in [0.1, 0.15) is 0 Å². The Balaban J connectivity index is 1.65. The van der Waals surface area contributed by atoms with Gasteiger partial charge in [0, 0.05) is 23.7 Å². The van der Waals surface area contributed by atoms with Crippen molar-refractivity contribution in [3.63, 3.8) is 0 Å². The summed E-state index contributed by atoms with van der Waals surface area (Å²) in [5.74, 6) is 0.275. The van der Waals surface area contributed by atoms with Crippen molar-refractivity contribution in [2.45, 2.75) is 19.1 Å². The molecule has 0 radical (unpaired) electrons. The van der Waals surface area contributed by atoms with Crippen molar-refractivity contribution in [1.82, 2.24) is 4.57 Å². The second-order valence-corrected chi connectivity index (χ2v) is 5.62. The molecule has 2 heteroatoms. The van der Waals surface area contributed by atoms with Crippen molar-refractivity contribution >= 4 is 10.9 Å². The molecule has 0 saturated heterocycles. The van der Waals surface area contributed by atoms with E-state index in [-0.39, 0.29) is 12.0 Å². The molecule has 20 heavy (non-hydrogen) atoms. The lowest BCUT2D eigenvalue weighted by Crippen LogP contribution is -2.14. The van der Waals surface area contributed by atoms with Gasteiger partial charge in [-0.15, -0.1) is 0 Å². The summed E-state index contributed by atoms with van der Waals surface area (Å²) in [6, 6.07) is 20.7. The Labute approximate surface area is 118 Å². The number of hydrogen-bond acceptors (Lipinski definition) is 1. The second-order valence-electron chi connectivity index (χ2n) is 5.62. The number of benzene rings is 2. The van der Waals surface area contributed by atoms with E-state index in [0.29, 0.717) is 0 Å². The molecule has 1 aliphatic rings. The van der Waals surface area contributed by atoms with Crippen LogP contribution in [0.1, 0.15) is 17.4 Å². The molecule has 0 fully saturated rings. The highest BCUT2D eigenvalue weighted by molar-refractivity contribution is 5.81. The molecule has 0 aliphatic carbocycles. The Morgan fingerprint density at radius 1 is 1.00 bits per heavy atom. The smallest absolute Gasteiger partial charge is 0.0839 e. The number of aliphatic hydroxyl groups excluding tert-OH is 1. The van der Waals surface area contributed by atoms with Crippen molar-refractivity contribution in [3.05, 3.63) is 71.9 Å². The number of aliphatic hydroxyl groups is 1. The lowest BCUT2D eigenvalue weighted by Gasteiger charge is -2.18. The van der Waals surface area contributed by atoms with Crippen LogP contribution < -0.4 is 0 Å². The maximum absolute atomic E-state index is 10.6. The van der Waals surface area contributed by atoms with Crippen LogP contribution in [0.3, 0.4) is 0 Å². The molecule has 2 nitrogen and oxygen atoms in total. The van der Waals surface area contributed by atoms with Gasteiger partial charge in [0.25, 0.3) is 0 Å². The van der Waals surface area contributed by atoms with E-state index in [9.17, 15) is 5.11 Å². The average Bonchev–Trinajstić information content (AvgIpc) is 3.05. The first-order chi connectivity index (χ1) is 9.83. The van der Waals surface area contributed by atoms with Crippen LogP contribution in [-0.4, -0.2) is 9.67 Å². The molecule has 0 saturated carbocycles. The van der Waals surface area contributed by atoms with Gasteiger partial charge < -0.3 is 9.67 Å². The van der Waals surface area contributed by atoms with Crippen LogP contribution >= 0.6 is 0 Å². The van der Waals surface area contributed by atoms with Gasteiger partial charge >= 0.3 is 0 Å². The van der Waals surface area contributed by atoms with E-state index in [4.69, 9.17) is 0 Å². The highest BCUT2D eigenvalue weighted by atomic mass is 16.3. The van der Waals surface area contributed by atoms with E-state index < -0.39 is 0 Å². The minimum absolute atomic E-state index is 0.275. The molecular weight excluding hydrogens is 246 g/mol. The first-order valence-electron chi connectivity index (χ1n) is 7.13. The summed E-state index contributed by atoms with van der Waals surface area (Å²) >= 11 is 0. The molecule has 0 bridgehead atoms. The number of rotatable bonds is 2. The van der Waals surface area contributed by atoms with Gasteiger partial charge in [-0.3, -0.25) is 0 Å². The predicted molar refractivity (Wildman–Crippen MR) is 80.5 cm³/mol. The first kappa shape index (κ1) is 11.7. The lowest BCUT2D eigenvalue weighted by atomic mass is 9.94. The standard InChI is InChI=1S/C18H17NO/c20-18(13-6-2-1-3-7-13)15-11-16-10-14-8-4-5-9-17(14)19(16)12-15/h1-10,15,18,20H,11-12H2/t15-,18-/m0/s1. The van der Waals surface area contributed by atoms with Crippen LogP contribution in [0.2, 0.25) is 0 Å². The fourth-order valence-electron chi connectivity index (χ4n) is 3.35. The molecule has 0 unspecified atom stereocenters. The Morgan fingerprint density at radius 2 is 1.75 bits per heavy atom. The van der Waals surface area contributed by atoms with Crippen LogP contribution in [0.5, 0.6) is 0 Å². The van der Waals surface area contributed by atoms with Gasteiger partial charge in [0.2, 0.25) is 0 Å². The number of aromatic nitrogens is 1. The summed E-state index contributed by atoms with van der Waals surface area (Å²) in [5, 5.41) is 11.9. The summed E-state index contributed by atoms with van der Waals surface area (Å²) in [6.07, 6.45) is 0.569. The van der Waals surface area contributed by atoms with Crippen molar-refractivity contribution in [2.75, 3.05) is 0 Å². The van der Waals surface area contributed by atoms with Crippen molar-refractivity contribution in [2.24, 2.45) is 5.92 Å². The zero-order chi connectivity index (χ0) is 13.5. The molecule has 2 heterocycles. The third-order valence-electron chi connectivity index (χ3n) is 4.37. The van der Waals surface area contributed by atoms with Crippen LogP contribution in [0, 0.1) is 5.92 Å². The molecule has 1 N–H and O–H groups in total. The number of hydrogen-bond donors (Lipinski definition) is 1. The minimum atomic E-state index is -0.380. The second kappa shape index (κ2) is 4.50. The highest BCUT2D eigenvalue weighted by Crippen LogP contribution is 2.35. The van der Waals surface area contributed by atoms with Crippen LogP contribution in [-0.2, 0) is 13.0 Å². The molecule has 2 atom stereocenters. The normalized spacial score (nSPS) is 19.1. The zero-order valence-corrected chi connectivity index (χ0v) is 11.2. The fraction of sp³-hybridized carbons (Fsp3) is 0.222. The average molecular weight is 263 g/mol. The molecule has 2 aromatic carbocycles. The maximum Gasteiger partial charge on any atom is 0.0839 e. The van der Waals surface area contributed by atoms with E-state index in [1.54, 1.807) is 0 Å². The predicted octanol–water partition coefficient (Wildman–Crippen LogP) is 3.55. The SMILES string of the molecule is O[C@@H](c1ccccc1)[C@H]1Cc2cc3ccccc3n2C1. The van der Waals surface area contributed by atoms with Gasteiger partial charge in [-0.25, -0.2) is 0 Å². The topological polar surface area (TPSA) is 25.2 Å². The molecule has 4 rings (SSSR count). The molecule has 3 aromatic rings. The molecule has 0 amide bonds. The Hall–Kier alpha value is -2.06. The lowest BCUT2D eigenvalue weighted by molar-refractivity contribution is 0.108. The Morgan fingerprint density at radius 3 is 2.60 bits per heavy atom. The van der Waals surface area contributed by atoms with E-state index in [0.717, 1.165) is 18.5 Å². The quantitative estimate of drug-likeness (QED) is 0.751. The highest BCUT2D eigenvalue weighted by Gasteiger charge is 2.29. The van der Waals surface area contributed by atoms with Crippen LogP contribution in [0.15, 0.2) is 60.7 Å². The first-order valence-corrected chi connectivity index (χ1v) is 7.13. The number of fused-ring (bicyclic) bond motifs is 3. The maximum atomic E-state index is 10.6. The summed E-state index contributed by atoms with van der Waals surface area (Å²) in [7, 11) is 0. The molecule has 100 valence electrons. The minimum Gasteiger partial charge on any atom is -0.388 e. The van der Waals surface area contributed by atoms with Gasteiger partial charge in [0.05, 0.1) is 6.10 Å². The summed E-state index contributed by atoms with van der Waals surface area (Å²) in [4.78, 5) is 0. The van der Waals surface area contributed by atoms with E-state index in [2.05, 4.69) is 34.9 Å². The molecular formula is C18H17NO. The van der Waals surface area contributed by atoms with Crippen molar-refractivity contribution < 1.29 is 5.11 Å². The summed E-state index contributed by atoms with van der Waals surface area (Å²) in [5.41, 5.74) is 3.64. The van der Waals surface area contributed by atoms with Gasteiger partial charge in [-0.1, -0.05) is 48.5 Å². The third kappa shape index (κ3) is 1.76. The van der Waals surface area contributed by atoms with E-state index in [1.165, 1.54) is 16.6 Å². The van der Waals surface area contributed by atoms with E-state index in [1.807, 2.05) is 30.3 Å².